The van der Waals surface area contributed by atoms with Crippen LogP contribution in [0.15, 0.2) is 54.9 Å². The molecule has 2 aliphatic rings. The molecule has 2 unspecified atom stereocenters. The molecule has 1 aromatic carbocycles. The average molecular weight is 477 g/mol. The second kappa shape index (κ2) is 10.7. The topological polar surface area (TPSA) is 73.8 Å². The lowest BCUT2D eigenvalue weighted by molar-refractivity contribution is -0.143. The van der Waals surface area contributed by atoms with E-state index >= 15 is 0 Å². The molecule has 2 saturated heterocycles. The number of imide groups is 1. The van der Waals surface area contributed by atoms with Crippen LogP contribution < -0.4 is 0 Å². The van der Waals surface area contributed by atoms with Crippen molar-refractivity contribution in [1.29, 1.82) is 0 Å². The summed E-state index contributed by atoms with van der Waals surface area (Å²) in [5.41, 5.74) is 0.387. The van der Waals surface area contributed by atoms with Gasteiger partial charge in [-0.2, -0.15) is 0 Å². The number of aromatic nitrogens is 1. The van der Waals surface area contributed by atoms with Crippen LogP contribution in [0.5, 0.6) is 0 Å². The Hall–Kier alpha value is -3.06. The number of carbonyl (C=O) groups excluding carboxylic acids is 3. The van der Waals surface area contributed by atoms with Crippen molar-refractivity contribution < 1.29 is 14.4 Å². The lowest BCUT2D eigenvalue weighted by Gasteiger charge is -2.30. The number of rotatable bonds is 9. The van der Waals surface area contributed by atoms with Crippen molar-refractivity contribution in [3.05, 3.63) is 66.0 Å². The summed E-state index contributed by atoms with van der Waals surface area (Å²) in [5.74, 6) is 0.421. The summed E-state index contributed by atoms with van der Waals surface area (Å²) in [6, 6.07) is 12.9. The van der Waals surface area contributed by atoms with Crippen molar-refractivity contribution in [3.63, 3.8) is 0 Å². The van der Waals surface area contributed by atoms with E-state index in [1.165, 1.54) is 4.90 Å². The molecule has 7 heteroatoms. The second-order valence-corrected chi connectivity index (χ2v) is 10.5. The third-order valence-corrected chi connectivity index (χ3v) is 7.23. The minimum absolute atomic E-state index is 0.00606. The number of benzene rings is 1. The molecule has 7 nitrogen and oxygen atoms in total. The standard InChI is InChI=1S/C28H36N4O3/c1-21(2)17-31-14-11-23(19-31)18-30(3)25(33)15-28(24-7-5-4-6-8-24)16-26(34)32(27(28)35)20-22-9-12-29-13-10-22/h4-10,12-13,21,23H,11,14-20H2,1-3H3. The van der Waals surface area contributed by atoms with Gasteiger partial charge in [0, 0.05) is 51.9 Å². The fourth-order valence-corrected chi connectivity index (χ4v) is 5.48. The van der Waals surface area contributed by atoms with Gasteiger partial charge >= 0.3 is 0 Å². The molecule has 0 radical (unpaired) electrons. The summed E-state index contributed by atoms with van der Waals surface area (Å²) in [4.78, 5) is 49.9. The van der Waals surface area contributed by atoms with Gasteiger partial charge in [0.05, 0.1) is 12.0 Å². The van der Waals surface area contributed by atoms with Crippen LogP contribution in [-0.4, -0.2) is 70.6 Å². The fraction of sp³-hybridized carbons (Fsp3) is 0.500. The van der Waals surface area contributed by atoms with Gasteiger partial charge in [0.15, 0.2) is 0 Å². The van der Waals surface area contributed by atoms with Gasteiger partial charge in [-0.1, -0.05) is 44.2 Å². The highest BCUT2D eigenvalue weighted by atomic mass is 16.2. The molecule has 35 heavy (non-hydrogen) atoms. The average Bonchev–Trinajstić information content (AvgIpc) is 3.37. The maximum absolute atomic E-state index is 13.8. The summed E-state index contributed by atoms with van der Waals surface area (Å²) >= 11 is 0. The van der Waals surface area contributed by atoms with Gasteiger partial charge in [0.2, 0.25) is 17.7 Å². The molecule has 3 heterocycles. The minimum atomic E-state index is -1.17. The van der Waals surface area contributed by atoms with Gasteiger partial charge < -0.3 is 9.80 Å². The number of hydrogen-bond donors (Lipinski definition) is 0. The van der Waals surface area contributed by atoms with E-state index in [1.807, 2.05) is 37.4 Å². The van der Waals surface area contributed by atoms with Gasteiger partial charge in [0.25, 0.3) is 0 Å². The third-order valence-electron chi connectivity index (χ3n) is 7.23. The van der Waals surface area contributed by atoms with E-state index in [0.29, 0.717) is 18.4 Å². The quantitative estimate of drug-likeness (QED) is 0.520. The van der Waals surface area contributed by atoms with E-state index in [4.69, 9.17) is 0 Å². The Kier molecular flexibility index (Phi) is 7.65. The number of pyridine rings is 1. The highest BCUT2D eigenvalue weighted by Gasteiger charge is 2.54. The number of carbonyl (C=O) groups is 3. The normalized spacial score (nSPS) is 22.9. The molecule has 0 spiro atoms. The van der Waals surface area contributed by atoms with Crippen molar-refractivity contribution in [2.45, 2.75) is 45.1 Å². The van der Waals surface area contributed by atoms with Crippen molar-refractivity contribution >= 4 is 17.7 Å². The van der Waals surface area contributed by atoms with Gasteiger partial charge in [-0.15, -0.1) is 0 Å². The molecule has 2 aromatic rings. The smallest absolute Gasteiger partial charge is 0.241 e. The Labute approximate surface area is 208 Å². The van der Waals surface area contributed by atoms with Crippen LogP contribution in [-0.2, 0) is 26.3 Å². The van der Waals surface area contributed by atoms with E-state index in [1.54, 1.807) is 29.4 Å². The second-order valence-electron chi connectivity index (χ2n) is 10.5. The van der Waals surface area contributed by atoms with Gasteiger partial charge in [-0.3, -0.25) is 24.3 Å². The molecule has 186 valence electrons. The first kappa shape index (κ1) is 25.0. The van der Waals surface area contributed by atoms with Crippen LogP contribution in [0, 0.1) is 11.8 Å². The van der Waals surface area contributed by atoms with E-state index in [-0.39, 0.29) is 37.1 Å². The van der Waals surface area contributed by atoms with Crippen molar-refractivity contribution in [3.8, 4) is 0 Å². The summed E-state index contributed by atoms with van der Waals surface area (Å²) in [6.45, 7) is 8.45. The Morgan fingerprint density at radius 2 is 1.86 bits per heavy atom. The molecule has 2 fully saturated rings. The molecule has 2 atom stereocenters. The molecule has 0 aliphatic carbocycles. The summed E-state index contributed by atoms with van der Waals surface area (Å²) in [6.07, 6.45) is 4.37. The number of hydrogen-bond acceptors (Lipinski definition) is 5. The molecule has 0 bridgehead atoms. The zero-order valence-corrected chi connectivity index (χ0v) is 21.0. The molecule has 4 rings (SSSR count). The van der Waals surface area contributed by atoms with Crippen molar-refractivity contribution in [2.24, 2.45) is 11.8 Å². The number of amides is 3. The molecule has 3 amide bonds. The summed E-state index contributed by atoms with van der Waals surface area (Å²) < 4.78 is 0. The van der Waals surface area contributed by atoms with Crippen LogP contribution in [0.25, 0.3) is 0 Å². The Morgan fingerprint density at radius 3 is 2.54 bits per heavy atom. The molecule has 0 N–H and O–H groups in total. The summed E-state index contributed by atoms with van der Waals surface area (Å²) in [7, 11) is 1.82. The van der Waals surface area contributed by atoms with Crippen LogP contribution in [0.1, 0.15) is 44.2 Å². The van der Waals surface area contributed by atoms with Crippen LogP contribution >= 0.6 is 0 Å². The fourth-order valence-electron chi connectivity index (χ4n) is 5.48. The number of nitrogens with zero attached hydrogens (tertiary/aromatic N) is 4. The molecular weight excluding hydrogens is 440 g/mol. The molecule has 0 saturated carbocycles. The monoisotopic (exact) mass is 476 g/mol. The largest absolute Gasteiger partial charge is 0.345 e. The van der Waals surface area contributed by atoms with Gasteiger partial charge in [0.1, 0.15) is 0 Å². The summed E-state index contributed by atoms with van der Waals surface area (Å²) in [5, 5.41) is 0. The van der Waals surface area contributed by atoms with Crippen LogP contribution in [0.4, 0.5) is 0 Å². The lowest BCUT2D eigenvalue weighted by Crippen LogP contribution is -2.43. The highest BCUT2D eigenvalue weighted by Crippen LogP contribution is 2.41. The van der Waals surface area contributed by atoms with E-state index in [2.05, 4.69) is 23.7 Å². The van der Waals surface area contributed by atoms with E-state index in [9.17, 15) is 14.4 Å². The molecule has 1 aromatic heterocycles. The Bertz CT molecular complexity index is 1040. The highest BCUT2D eigenvalue weighted by molar-refractivity contribution is 6.10. The SMILES string of the molecule is CC(C)CN1CCC(CN(C)C(=O)CC2(c3ccccc3)CC(=O)N(Cc3ccncc3)C2=O)C1. The molecular formula is C28H36N4O3. The molecule has 2 aliphatic heterocycles. The zero-order valence-electron chi connectivity index (χ0n) is 21.0. The predicted molar refractivity (Wildman–Crippen MR) is 134 cm³/mol. The van der Waals surface area contributed by atoms with Crippen LogP contribution in [0.3, 0.4) is 0 Å². The first-order valence-corrected chi connectivity index (χ1v) is 12.5. The van der Waals surface area contributed by atoms with Gasteiger partial charge in [-0.05, 0) is 48.1 Å². The number of likely N-dealkylation sites (tertiary alicyclic amines) is 2. The minimum Gasteiger partial charge on any atom is -0.345 e. The predicted octanol–water partition coefficient (Wildman–Crippen LogP) is 3.10. The maximum atomic E-state index is 13.8. The van der Waals surface area contributed by atoms with Crippen molar-refractivity contribution in [2.75, 3.05) is 33.2 Å². The Morgan fingerprint density at radius 1 is 1.14 bits per heavy atom. The Balaban J connectivity index is 1.50. The third kappa shape index (κ3) is 5.61. The zero-order chi connectivity index (χ0) is 25.0. The van der Waals surface area contributed by atoms with Crippen LogP contribution in [0.2, 0.25) is 0 Å². The maximum Gasteiger partial charge on any atom is 0.241 e. The van der Waals surface area contributed by atoms with E-state index < -0.39 is 5.41 Å². The lowest BCUT2D eigenvalue weighted by atomic mass is 9.75. The van der Waals surface area contributed by atoms with Crippen molar-refractivity contribution in [1.82, 2.24) is 19.7 Å². The first-order chi connectivity index (χ1) is 16.8. The van der Waals surface area contributed by atoms with E-state index in [0.717, 1.165) is 37.2 Å². The first-order valence-electron chi connectivity index (χ1n) is 12.5. The van der Waals surface area contributed by atoms with Gasteiger partial charge in [-0.25, -0.2) is 0 Å².